The predicted molar refractivity (Wildman–Crippen MR) is 114 cm³/mol. The number of hydrogen-bond donors (Lipinski definition) is 1. The minimum absolute atomic E-state index is 0.190. The van der Waals surface area contributed by atoms with Crippen molar-refractivity contribution in [1.82, 2.24) is 24.9 Å². The van der Waals surface area contributed by atoms with Crippen molar-refractivity contribution in [1.29, 1.82) is 0 Å². The van der Waals surface area contributed by atoms with Crippen LogP contribution in [0.1, 0.15) is 21.6 Å². The van der Waals surface area contributed by atoms with Crippen LogP contribution < -0.4 is 10.9 Å². The van der Waals surface area contributed by atoms with E-state index in [9.17, 15) is 9.59 Å². The van der Waals surface area contributed by atoms with Gasteiger partial charge in [0.1, 0.15) is 5.69 Å². The fraction of sp³-hybridized carbons (Fsp3) is 0.130. The van der Waals surface area contributed by atoms with Crippen LogP contribution in [-0.2, 0) is 20.1 Å². The molecule has 0 aliphatic carbocycles. The van der Waals surface area contributed by atoms with E-state index in [2.05, 4.69) is 22.5 Å². The summed E-state index contributed by atoms with van der Waals surface area (Å²) < 4.78 is 3.02. The first-order valence-electron chi connectivity index (χ1n) is 9.58. The maximum absolute atomic E-state index is 12.5. The van der Waals surface area contributed by atoms with Crippen molar-refractivity contribution in [2.75, 3.05) is 0 Å². The van der Waals surface area contributed by atoms with Crippen LogP contribution in [0.5, 0.6) is 0 Å². The van der Waals surface area contributed by atoms with Crippen molar-refractivity contribution in [2.45, 2.75) is 13.1 Å². The number of benzene rings is 2. The Labute approximate surface area is 173 Å². The number of rotatable bonds is 6. The molecule has 0 fully saturated rings. The van der Waals surface area contributed by atoms with Gasteiger partial charge < -0.3 is 5.32 Å². The molecule has 0 bridgehead atoms. The molecule has 0 radical (unpaired) electrons. The average Bonchev–Trinajstić information content (AvgIpc) is 3.18. The van der Waals surface area contributed by atoms with E-state index in [1.54, 1.807) is 0 Å². The molecule has 0 atom stereocenters. The van der Waals surface area contributed by atoms with Crippen molar-refractivity contribution in [3.8, 4) is 11.3 Å². The van der Waals surface area contributed by atoms with E-state index in [1.165, 1.54) is 19.2 Å². The summed E-state index contributed by atoms with van der Waals surface area (Å²) in [6.45, 7) is 0.930. The van der Waals surface area contributed by atoms with Crippen LogP contribution in [0, 0.1) is 0 Å². The van der Waals surface area contributed by atoms with Crippen LogP contribution >= 0.6 is 0 Å². The summed E-state index contributed by atoms with van der Waals surface area (Å²) in [7, 11) is 1.51. The minimum Gasteiger partial charge on any atom is -0.346 e. The van der Waals surface area contributed by atoms with Crippen molar-refractivity contribution < 1.29 is 4.79 Å². The smallest absolute Gasteiger partial charge is 0.271 e. The molecule has 7 heteroatoms. The van der Waals surface area contributed by atoms with Crippen LogP contribution in [0.15, 0.2) is 83.8 Å². The van der Waals surface area contributed by atoms with Crippen molar-refractivity contribution >= 4 is 5.91 Å². The van der Waals surface area contributed by atoms with Crippen molar-refractivity contribution in [3.63, 3.8) is 0 Å². The van der Waals surface area contributed by atoms with Gasteiger partial charge in [0.2, 0.25) is 0 Å². The summed E-state index contributed by atoms with van der Waals surface area (Å²) in [6, 6.07) is 22.7. The summed E-state index contributed by atoms with van der Waals surface area (Å²) >= 11 is 0. The summed E-state index contributed by atoms with van der Waals surface area (Å²) in [6.07, 6.45) is 1.95. The van der Waals surface area contributed by atoms with Gasteiger partial charge >= 0.3 is 0 Å². The largest absolute Gasteiger partial charge is 0.346 e. The number of amides is 1. The highest BCUT2D eigenvalue weighted by Gasteiger charge is 2.14. The Morgan fingerprint density at radius 2 is 1.63 bits per heavy atom. The zero-order chi connectivity index (χ0) is 20.9. The molecular weight excluding hydrogens is 378 g/mol. The molecule has 2 heterocycles. The lowest BCUT2D eigenvalue weighted by Gasteiger charge is -2.06. The van der Waals surface area contributed by atoms with Gasteiger partial charge in [-0.2, -0.15) is 10.2 Å². The van der Waals surface area contributed by atoms with Crippen LogP contribution in [0.3, 0.4) is 0 Å². The van der Waals surface area contributed by atoms with Gasteiger partial charge in [0.05, 0.1) is 12.2 Å². The number of aryl methyl sites for hydroxylation is 1. The molecule has 4 rings (SSSR count). The quantitative estimate of drug-likeness (QED) is 0.540. The van der Waals surface area contributed by atoms with E-state index in [1.807, 2.05) is 59.4 Å². The van der Waals surface area contributed by atoms with Crippen LogP contribution in [0.2, 0.25) is 0 Å². The first kappa shape index (κ1) is 19.3. The van der Waals surface area contributed by atoms with Gasteiger partial charge in [0, 0.05) is 37.0 Å². The Bertz CT molecular complexity index is 1210. The Morgan fingerprint density at radius 3 is 2.33 bits per heavy atom. The third-order valence-corrected chi connectivity index (χ3v) is 4.70. The van der Waals surface area contributed by atoms with Crippen molar-refractivity contribution in [2.24, 2.45) is 7.05 Å². The maximum atomic E-state index is 12.5. The summed E-state index contributed by atoms with van der Waals surface area (Å²) in [5, 5.41) is 11.6. The molecule has 0 aliphatic rings. The van der Waals surface area contributed by atoms with Gasteiger partial charge in [-0.15, -0.1) is 0 Å². The third-order valence-electron chi connectivity index (χ3n) is 4.70. The van der Waals surface area contributed by atoms with Gasteiger partial charge in [-0.1, -0.05) is 60.7 Å². The highest BCUT2D eigenvalue weighted by molar-refractivity contribution is 5.92. The van der Waals surface area contributed by atoms with E-state index in [-0.39, 0.29) is 17.2 Å². The second-order valence-electron chi connectivity index (χ2n) is 6.92. The Balaban J connectivity index is 1.58. The molecule has 0 aliphatic heterocycles. The fourth-order valence-electron chi connectivity index (χ4n) is 3.17. The van der Waals surface area contributed by atoms with Crippen LogP contribution in [-0.4, -0.2) is 25.5 Å². The molecule has 30 heavy (non-hydrogen) atoms. The SMILES string of the molecule is Cn1nc(C(=O)NCc2cn(Cc3ccccc3)nc2-c2ccccc2)ccc1=O. The van der Waals surface area contributed by atoms with E-state index < -0.39 is 0 Å². The molecule has 1 N–H and O–H groups in total. The first-order valence-corrected chi connectivity index (χ1v) is 9.58. The third kappa shape index (κ3) is 4.35. The molecule has 2 aromatic carbocycles. The number of carbonyl (C=O) groups is 1. The monoisotopic (exact) mass is 399 g/mol. The van der Waals surface area contributed by atoms with E-state index in [0.717, 1.165) is 27.1 Å². The summed E-state index contributed by atoms with van der Waals surface area (Å²) in [5.41, 5.74) is 3.77. The van der Waals surface area contributed by atoms with E-state index >= 15 is 0 Å². The van der Waals surface area contributed by atoms with Crippen LogP contribution in [0.4, 0.5) is 0 Å². The molecule has 0 spiro atoms. The second-order valence-corrected chi connectivity index (χ2v) is 6.92. The lowest BCUT2D eigenvalue weighted by molar-refractivity contribution is 0.0943. The van der Waals surface area contributed by atoms with Crippen molar-refractivity contribution in [3.05, 3.63) is 106 Å². The highest BCUT2D eigenvalue weighted by atomic mass is 16.2. The minimum atomic E-state index is -0.347. The van der Waals surface area contributed by atoms with E-state index in [0.29, 0.717) is 13.1 Å². The van der Waals surface area contributed by atoms with Gasteiger partial charge in [-0.05, 0) is 11.6 Å². The van der Waals surface area contributed by atoms with Gasteiger partial charge in [-0.3, -0.25) is 14.3 Å². The molecule has 1 amide bonds. The normalized spacial score (nSPS) is 10.7. The molecule has 0 saturated heterocycles. The Hall–Kier alpha value is -4.00. The Morgan fingerprint density at radius 1 is 0.933 bits per heavy atom. The first-order chi connectivity index (χ1) is 14.6. The molecule has 7 nitrogen and oxygen atoms in total. The van der Waals surface area contributed by atoms with Crippen LogP contribution in [0.25, 0.3) is 11.3 Å². The number of nitrogens with zero attached hydrogens (tertiary/aromatic N) is 4. The second kappa shape index (κ2) is 8.57. The zero-order valence-corrected chi connectivity index (χ0v) is 16.5. The zero-order valence-electron chi connectivity index (χ0n) is 16.5. The van der Waals surface area contributed by atoms with Gasteiger partial charge in [0.25, 0.3) is 11.5 Å². The highest BCUT2D eigenvalue weighted by Crippen LogP contribution is 2.22. The predicted octanol–water partition coefficient (Wildman–Crippen LogP) is 2.62. The maximum Gasteiger partial charge on any atom is 0.271 e. The van der Waals surface area contributed by atoms with Gasteiger partial charge in [0.15, 0.2) is 0 Å². The number of aromatic nitrogens is 4. The molecule has 2 aromatic heterocycles. The Kier molecular flexibility index (Phi) is 5.52. The molecule has 0 unspecified atom stereocenters. The number of hydrogen-bond acceptors (Lipinski definition) is 4. The number of nitrogens with one attached hydrogen (secondary N) is 1. The van der Waals surface area contributed by atoms with Gasteiger partial charge in [-0.25, -0.2) is 4.68 Å². The molecular formula is C23H21N5O2. The number of carbonyl (C=O) groups excluding carboxylic acids is 1. The fourth-order valence-corrected chi connectivity index (χ4v) is 3.17. The topological polar surface area (TPSA) is 81.8 Å². The average molecular weight is 399 g/mol. The molecule has 0 saturated carbocycles. The standard InChI is InChI=1S/C23H21N5O2/c1-27-21(29)13-12-20(25-27)23(30)24-14-19-16-28(15-17-8-4-2-5-9-17)26-22(19)18-10-6-3-7-11-18/h2-13,16H,14-15H2,1H3,(H,24,30). The summed E-state index contributed by atoms with van der Waals surface area (Å²) in [4.78, 5) is 24.0. The summed E-state index contributed by atoms with van der Waals surface area (Å²) in [5.74, 6) is -0.347. The van der Waals surface area contributed by atoms with E-state index in [4.69, 9.17) is 5.10 Å². The lowest BCUT2D eigenvalue weighted by Crippen LogP contribution is -2.28. The molecule has 4 aromatic rings. The lowest BCUT2D eigenvalue weighted by atomic mass is 10.1. The molecule has 150 valence electrons.